The summed E-state index contributed by atoms with van der Waals surface area (Å²) in [6, 6.07) is 1.50. The van der Waals surface area contributed by atoms with E-state index in [9.17, 15) is 4.79 Å². The van der Waals surface area contributed by atoms with Gasteiger partial charge in [0.25, 0.3) is 0 Å². The minimum atomic E-state index is -0.443. The van der Waals surface area contributed by atoms with Gasteiger partial charge in [-0.05, 0) is 0 Å². The van der Waals surface area contributed by atoms with Crippen LogP contribution in [0.15, 0.2) is 17.1 Å². The molecule has 0 atom stereocenters. The SMILES string of the molecule is C#[N+]c1ccnc(=O)[nH]1. The first-order chi connectivity index (χ1) is 4.33. The van der Waals surface area contributed by atoms with E-state index in [4.69, 9.17) is 6.57 Å². The molecule has 0 aliphatic carbocycles. The minimum absolute atomic E-state index is 0.329. The van der Waals surface area contributed by atoms with Crippen LogP contribution in [0.5, 0.6) is 0 Å². The van der Waals surface area contributed by atoms with Crippen LogP contribution in [-0.4, -0.2) is 9.97 Å². The van der Waals surface area contributed by atoms with Gasteiger partial charge >= 0.3 is 11.5 Å². The lowest BCUT2D eigenvalue weighted by Gasteiger charge is -1.73. The Morgan fingerprint density at radius 3 is 3.00 bits per heavy atom. The standard InChI is InChI=1S/C5H3N3O/c1-6-4-2-3-7-5(9)8-4/h1-3H/p+1. The molecule has 1 rings (SSSR count). The lowest BCUT2D eigenvalue weighted by atomic mass is 10.6. The Morgan fingerprint density at radius 2 is 2.56 bits per heavy atom. The summed E-state index contributed by atoms with van der Waals surface area (Å²) in [5, 5.41) is 0. The van der Waals surface area contributed by atoms with Gasteiger partial charge in [0.15, 0.2) is 0 Å². The Hall–Kier alpha value is -1.63. The molecule has 0 aromatic carbocycles. The highest BCUT2D eigenvalue weighted by Crippen LogP contribution is 1.98. The second-order valence-electron chi connectivity index (χ2n) is 1.39. The highest BCUT2D eigenvalue weighted by Gasteiger charge is 1.96. The lowest BCUT2D eigenvalue weighted by molar-refractivity contribution is 1.09. The molecule has 1 aromatic heterocycles. The lowest BCUT2D eigenvalue weighted by Crippen LogP contribution is -2.06. The van der Waals surface area contributed by atoms with Crippen LogP contribution >= 0.6 is 0 Å². The molecule has 1 aromatic rings. The van der Waals surface area contributed by atoms with Gasteiger partial charge in [-0.3, -0.25) is 0 Å². The molecule has 0 aliphatic heterocycles. The zero-order chi connectivity index (χ0) is 6.69. The predicted octanol–water partition coefficient (Wildman–Crippen LogP) is 0.364. The smallest absolute Gasteiger partial charge is 0.218 e. The number of nitrogens with one attached hydrogen (secondary N) is 1. The summed E-state index contributed by atoms with van der Waals surface area (Å²) in [5.41, 5.74) is -0.443. The van der Waals surface area contributed by atoms with E-state index in [0.29, 0.717) is 5.82 Å². The minimum Gasteiger partial charge on any atom is -0.218 e. The maximum absolute atomic E-state index is 10.4. The number of nitrogens with zero attached hydrogens (tertiary/aromatic N) is 2. The summed E-state index contributed by atoms with van der Waals surface area (Å²) < 4.78 is 0. The van der Waals surface area contributed by atoms with Gasteiger partial charge in [-0.15, -0.1) is 0 Å². The second kappa shape index (κ2) is 2.09. The van der Waals surface area contributed by atoms with E-state index in [2.05, 4.69) is 14.8 Å². The third-order valence-electron chi connectivity index (χ3n) is 0.798. The fourth-order valence-corrected chi connectivity index (χ4v) is 0.434. The molecule has 0 amide bonds. The summed E-state index contributed by atoms with van der Waals surface area (Å²) in [7, 11) is 0. The molecule has 0 fully saturated rings. The third kappa shape index (κ3) is 1.13. The third-order valence-corrected chi connectivity index (χ3v) is 0.798. The van der Waals surface area contributed by atoms with Crippen molar-refractivity contribution in [1.29, 1.82) is 0 Å². The van der Waals surface area contributed by atoms with E-state index in [0.717, 1.165) is 0 Å². The molecular weight excluding hydrogens is 118 g/mol. The van der Waals surface area contributed by atoms with Crippen molar-refractivity contribution in [1.82, 2.24) is 9.97 Å². The van der Waals surface area contributed by atoms with Crippen LogP contribution in [0.25, 0.3) is 4.85 Å². The highest BCUT2D eigenvalue weighted by molar-refractivity contribution is 5.33. The van der Waals surface area contributed by atoms with Crippen molar-refractivity contribution < 1.29 is 0 Å². The Kier molecular flexibility index (Phi) is 1.28. The van der Waals surface area contributed by atoms with Gasteiger partial charge in [0.2, 0.25) is 0 Å². The van der Waals surface area contributed by atoms with E-state index in [1.54, 1.807) is 0 Å². The molecule has 0 radical (unpaired) electrons. The molecule has 0 unspecified atom stereocenters. The van der Waals surface area contributed by atoms with E-state index >= 15 is 0 Å². The highest BCUT2D eigenvalue weighted by atomic mass is 16.1. The van der Waals surface area contributed by atoms with E-state index in [-0.39, 0.29) is 0 Å². The number of aromatic nitrogens is 2. The van der Waals surface area contributed by atoms with Crippen molar-refractivity contribution in [3.63, 3.8) is 0 Å². The summed E-state index contributed by atoms with van der Waals surface area (Å²) in [5.74, 6) is 0.329. The van der Waals surface area contributed by atoms with E-state index in [1.165, 1.54) is 12.3 Å². The average molecular weight is 122 g/mol. The van der Waals surface area contributed by atoms with Crippen LogP contribution in [0.4, 0.5) is 5.82 Å². The van der Waals surface area contributed by atoms with Crippen LogP contribution in [-0.2, 0) is 0 Å². The van der Waals surface area contributed by atoms with Crippen molar-refractivity contribution in [2.75, 3.05) is 0 Å². The van der Waals surface area contributed by atoms with E-state index in [1.807, 2.05) is 0 Å². The molecule has 0 saturated carbocycles. The van der Waals surface area contributed by atoms with Crippen LogP contribution in [0, 0.1) is 6.57 Å². The number of rotatable bonds is 0. The van der Waals surface area contributed by atoms with E-state index < -0.39 is 5.69 Å². The van der Waals surface area contributed by atoms with Crippen LogP contribution in [0.3, 0.4) is 0 Å². The number of H-pyrrole nitrogens is 1. The average Bonchev–Trinajstić information content (AvgIpc) is 1.88. The molecule has 44 valence electrons. The van der Waals surface area contributed by atoms with Gasteiger partial charge in [0.1, 0.15) is 6.57 Å². The molecule has 0 aliphatic rings. The second-order valence-corrected chi connectivity index (χ2v) is 1.39. The van der Waals surface area contributed by atoms with Crippen molar-refractivity contribution >= 4 is 5.82 Å². The van der Waals surface area contributed by atoms with Crippen molar-refractivity contribution in [2.24, 2.45) is 0 Å². The molecular formula is C5H4N3O+. The maximum Gasteiger partial charge on any atom is 0.433 e. The maximum atomic E-state index is 10.4. The normalized spacial score (nSPS) is 8.33. The first-order valence-corrected chi connectivity index (χ1v) is 2.29. The van der Waals surface area contributed by atoms with Gasteiger partial charge in [-0.2, -0.15) is 14.8 Å². The van der Waals surface area contributed by atoms with Crippen molar-refractivity contribution in [3.8, 4) is 6.57 Å². The van der Waals surface area contributed by atoms with Crippen LogP contribution in [0.1, 0.15) is 0 Å². The predicted molar refractivity (Wildman–Crippen MR) is 32.8 cm³/mol. The van der Waals surface area contributed by atoms with Gasteiger partial charge in [-0.25, -0.2) is 4.79 Å². The fraction of sp³-hybridized carbons (Fsp3) is 0. The number of aromatic amines is 1. The van der Waals surface area contributed by atoms with Crippen molar-refractivity contribution in [2.45, 2.75) is 0 Å². The molecule has 4 heteroatoms. The Bertz CT molecular complexity index is 296. The Balaban J connectivity index is 3.28. The van der Waals surface area contributed by atoms with Crippen LogP contribution in [0.2, 0.25) is 0 Å². The summed E-state index contributed by atoms with van der Waals surface area (Å²) in [4.78, 5) is 19.3. The van der Waals surface area contributed by atoms with Gasteiger partial charge in [0, 0.05) is 6.20 Å². The first kappa shape index (κ1) is 5.51. The monoisotopic (exact) mass is 122 g/mol. The molecule has 9 heavy (non-hydrogen) atoms. The molecule has 0 spiro atoms. The van der Waals surface area contributed by atoms with Gasteiger partial charge in [-0.1, -0.05) is 0 Å². The number of hydrogen-bond donors (Lipinski definition) is 1. The molecule has 0 saturated heterocycles. The summed E-state index contributed by atoms with van der Waals surface area (Å²) in [6.07, 6.45) is 1.34. The molecule has 4 nitrogen and oxygen atoms in total. The largest absolute Gasteiger partial charge is 0.433 e. The molecule has 1 heterocycles. The van der Waals surface area contributed by atoms with Crippen LogP contribution < -0.4 is 5.69 Å². The van der Waals surface area contributed by atoms with Crippen molar-refractivity contribution in [3.05, 3.63) is 27.6 Å². The quantitative estimate of drug-likeness (QED) is 0.540. The zero-order valence-corrected chi connectivity index (χ0v) is 4.53. The molecule has 1 N–H and O–H groups in total. The summed E-state index contributed by atoms with van der Waals surface area (Å²) in [6.45, 7) is 4.85. The summed E-state index contributed by atoms with van der Waals surface area (Å²) >= 11 is 0. The fourth-order valence-electron chi connectivity index (χ4n) is 0.434. The Morgan fingerprint density at radius 1 is 1.78 bits per heavy atom. The molecule has 0 bridgehead atoms. The first-order valence-electron chi connectivity index (χ1n) is 2.29. The van der Waals surface area contributed by atoms with Gasteiger partial charge < -0.3 is 0 Å². The topological polar surface area (TPSA) is 50.1 Å². The zero-order valence-electron chi connectivity index (χ0n) is 4.53. The Labute approximate surface area is 51.0 Å². The van der Waals surface area contributed by atoms with Gasteiger partial charge in [0.05, 0.1) is 6.07 Å². The number of hydrogen-bond acceptors (Lipinski definition) is 2.